The minimum atomic E-state index is -0.351. The Bertz CT molecular complexity index is 457. The van der Waals surface area contributed by atoms with Gasteiger partial charge in [0.1, 0.15) is 5.82 Å². The van der Waals surface area contributed by atoms with Gasteiger partial charge in [0.25, 0.3) is 0 Å². The fourth-order valence-electron chi connectivity index (χ4n) is 2.85. The highest BCUT2D eigenvalue weighted by molar-refractivity contribution is 6.30. The van der Waals surface area contributed by atoms with E-state index in [1.54, 1.807) is 6.07 Å². The second-order valence-electron chi connectivity index (χ2n) is 5.25. The molecule has 0 saturated carbocycles. The molecule has 0 bridgehead atoms. The van der Waals surface area contributed by atoms with Crippen LogP contribution in [0.4, 0.5) is 4.39 Å². The predicted octanol–water partition coefficient (Wildman–Crippen LogP) is 2.00. The summed E-state index contributed by atoms with van der Waals surface area (Å²) >= 11 is 5.82. The van der Waals surface area contributed by atoms with Crippen LogP contribution in [0.1, 0.15) is 5.56 Å². The summed E-state index contributed by atoms with van der Waals surface area (Å²) in [4.78, 5) is 4.89. The summed E-state index contributed by atoms with van der Waals surface area (Å²) in [5, 5.41) is 0.206. The van der Waals surface area contributed by atoms with Crippen molar-refractivity contribution in [1.29, 1.82) is 0 Å². The van der Waals surface area contributed by atoms with E-state index in [4.69, 9.17) is 16.3 Å². The second-order valence-corrected chi connectivity index (χ2v) is 5.66. The molecule has 0 radical (unpaired) electrons. The van der Waals surface area contributed by atoms with Crippen molar-refractivity contribution in [3.8, 4) is 0 Å². The number of morpholine rings is 1. The largest absolute Gasteiger partial charge is 0.378 e. The Hall–Kier alpha value is -0.680. The molecule has 3 rings (SSSR count). The maximum atomic E-state index is 13.1. The highest BCUT2D eigenvalue weighted by atomic mass is 35.5. The van der Waals surface area contributed by atoms with Crippen LogP contribution in [0.15, 0.2) is 18.2 Å². The molecule has 0 unspecified atom stereocenters. The smallest absolute Gasteiger partial charge is 0.141 e. The number of fused-ring (bicyclic) bond motifs is 1. The van der Waals surface area contributed by atoms with Gasteiger partial charge in [0, 0.05) is 38.8 Å². The molecule has 3 nitrogen and oxygen atoms in total. The summed E-state index contributed by atoms with van der Waals surface area (Å²) in [6.45, 7) is 6.68. The van der Waals surface area contributed by atoms with E-state index in [-0.39, 0.29) is 10.8 Å². The minimum absolute atomic E-state index is 0.206. The van der Waals surface area contributed by atoms with Gasteiger partial charge in [0.2, 0.25) is 0 Å². The van der Waals surface area contributed by atoms with Gasteiger partial charge >= 0.3 is 0 Å². The van der Waals surface area contributed by atoms with Crippen molar-refractivity contribution in [3.05, 3.63) is 34.6 Å². The van der Waals surface area contributed by atoms with Crippen LogP contribution >= 0.6 is 11.6 Å². The summed E-state index contributed by atoms with van der Waals surface area (Å²) in [5.41, 5.74) is 1.07. The van der Waals surface area contributed by atoms with Gasteiger partial charge in [0.15, 0.2) is 0 Å². The van der Waals surface area contributed by atoms with Crippen molar-refractivity contribution in [1.82, 2.24) is 9.80 Å². The lowest BCUT2D eigenvalue weighted by Crippen LogP contribution is -2.57. The van der Waals surface area contributed by atoms with Crippen LogP contribution in [0.5, 0.6) is 0 Å². The molecule has 104 valence electrons. The van der Waals surface area contributed by atoms with Crippen LogP contribution in [0.3, 0.4) is 0 Å². The van der Waals surface area contributed by atoms with Gasteiger partial charge < -0.3 is 4.74 Å². The van der Waals surface area contributed by atoms with Crippen LogP contribution in [0, 0.1) is 5.82 Å². The monoisotopic (exact) mass is 284 g/mol. The molecular weight excluding hydrogens is 267 g/mol. The molecule has 2 fully saturated rings. The second kappa shape index (κ2) is 5.75. The topological polar surface area (TPSA) is 15.7 Å². The lowest BCUT2D eigenvalue weighted by atomic mass is 10.1. The van der Waals surface area contributed by atoms with Crippen molar-refractivity contribution in [2.24, 2.45) is 0 Å². The number of nitrogens with zero attached hydrogens (tertiary/aromatic N) is 2. The molecule has 2 heterocycles. The number of hydrogen-bond donors (Lipinski definition) is 0. The first-order chi connectivity index (χ1) is 9.22. The Balaban J connectivity index is 1.62. The number of benzene rings is 1. The molecule has 1 aromatic carbocycles. The Morgan fingerprint density at radius 3 is 3.05 bits per heavy atom. The number of rotatable bonds is 2. The van der Waals surface area contributed by atoms with E-state index in [9.17, 15) is 4.39 Å². The van der Waals surface area contributed by atoms with E-state index in [1.165, 1.54) is 6.07 Å². The Morgan fingerprint density at radius 1 is 1.32 bits per heavy atom. The lowest BCUT2D eigenvalue weighted by molar-refractivity contribution is -0.0461. The van der Waals surface area contributed by atoms with Gasteiger partial charge in [-0.2, -0.15) is 0 Å². The standard InChI is InChI=1S/C14H18ClFN2O/c15-13-7-11(1-2-14(13)16)8-17-3-4-18-5-6-19-10-12(18)9-17/h1-2,7,12H,3-6,8-10H2/t12-/m1/s1. The molecule has 0 aromatic heterocycles. The summed E-state index contributed by atoms with van der Waals surface area (Å²) < 4.78 is 18.7. The van der Waals surface area contributed by atoms with Gasteiger partial charge in [-0.3, -0.25) is 9.80 Å². The van der Waals surface area contributed by atoms with E-state index >= 15 is 0 Å². The Morgan fingerprint density at radius 2 is 2.21 bits per heavy atom. The molecule has 19 heavy (non-hydrogen) atoms. The molecule has 0 aliphatic carbocycles. The van der Waals surface area contributed by atoms with Crippen molar-refractivity contribution >= 4 is 11.6 Å². The maximum Gasteiger partial charge on any atom is 0.141 e. The van der Waals surface area contributed by atoms with Gasteiger partial charge in [-0.15, -0.1) is 0 Å². The summed E-state index contributed by atoms with van der Waals surface area (Å²) in [6, 6.07) is 5.47. The van der Waals surface area contributed by atoms with Gasteiger partial charge in [-0.25, -0.2) is 4.39 Å². The van der Waals surface area contributed by atoms with Crippen LogP contribution in [-0.2, 0) is 11.3 Å². The van der Waals surface area contributed by atoms with Crippen molar-refractivity contribution in [3.63, 3.8) is 0 Å². The fraction of sp³-hybridized carbons (Fsp3) is 0.571. The molecule has 0 amide bonds. The van der Waals surface area contributed by atoms with Crippen molar-refractivity contribution < 1.29 is 9.13 Å². The first-order valence-corrected chi connectivity index (χ1v) is 7.08. The number of piperazine rings is 1. The molecule has 2 aliphatic heterocycles. The average Bonchev–Trinajstić information content (AvgIpc) is 2.43. The van der Waals surface area contributed by atoms with Gasteiger partial charge in [-0.1, -0.05) is 17.7 Å². The third-order valence-electron chi connectivity index (χ3n) is 3.91. The lowest BCUT2D eigenvalue weighted by Gasteiger charge is -2.43. The summed E-state index contributed by atoms with van der Waals surface area (Å²) in [5.74, 6) is -0.351. The van der Waals surface area contributed by atoms with E-state index in [0.717, 1.165) is 51.5 Å². The zero-order valence-corrected chi connectivity index (χ0v) is 11.6. The third-order valence-corrected chi connectivity index (χ3v) is 4.20. The van der Waals surface area contributed by atoms with Gasteiger partial charge in [-0.05, 0) is 17.7 Å². The minimum Gasteiger partial charge on any atom is -0.378 e. The van der Waals surface area contributed by atoms with Crippen LogP contribution in [0.2, 0.25) is 5.02 Å². The zero-order chi connectivity index (χ0) is 13.2. The summed E-state index contributed by atoms with van der Waals surface area (Å²) in [6.07, 6.45) is 0. The molecule has 5 heteroatoms. The Labute approximate surface area is 117 Å². The van der Waals surface area contributed by atoms with Crippen LogP contribution < -0.4 is 0 Å². The molecule has 1 aromatic rings. The van der Waals surface area contributed by atoms with E-state index in [1.807, 2.05) is 6.07 Å². The average molecular weight is 285 g/mol. The van der Waals surface area contributed by atoms with E-state index < -0.39 is 0 Å². The van der Waals surface area contributed by atoms with Crippen molar-refractivity contribution in [2.75, 3.05) is 39.4 Å². The highest BCUT2D eigenvalue weighted by Crippen LogP contribution is 2.19. The van der Waals surface area contributed by atoms with E-state index in [0.29, 0.717) is 6.04 Å². The number of ether oxygens (including phenoxy) is 1. The zero-order valence-electron chi connectivity index (χ0n) is 10.8. The van der Waals surface area contributed by atoms with Crippen LogP contribution in [-0.4, -0.2) is 55.2 Å². The summed E-state index contributed by atoms with van der Waals surface area (Å²) in [7, 11) is 0. The van der Waals surface area contributed by atoms with Crippen molar-refractivity contribution in [2.45, 2.75) is 12.6 Å². The normalized spacial score (nSPS) is 25.3. The molecule has 1 atom stereocenters. The highest BCUT2D eigenvalue weighted by Gasteiger charge is 2.29. The quantitative estimate of drug-likeness (QED) is 0.826. The first kappa shape index (κ1) is 13.3. The Kier molecular flexibility index (Phi) is 4.03. The number of hydrogen-bond acceptors (Lipinski definition) is 3. The fourth-order valence-corrected chi connectivity index (χ4v) is 3.05. The van der Waals surface area contributed by atoms with E-state index in [2.05, 4.69) is 9.80 Å². The molecule has 0 spiro atoms. The van der Waals surface area contributed by atoms with Gasteiger partial charge in [0.05, 0.1) is 18.2 Å². The SMILES string of the molecule is Fc1ccc(CN2CCN3CCOC[C@H]3C2)cc1Cl. The molecular formula is C14H18ClFN2O. The first-order valence-electron chi connectivity index (χ1n) is 6.70. The van der Waals surface area contributed by atoms with Crippen LogP contribution in [0.25, 0.3) is 0 Å². The number of halogens is 2. The third kappa shape index (κ3) is 3.08. The molecule has 2 saturated heterocycles. The molecule has 0 N–H and O–H groups in total. The maximum absolute atomic E-state index is 13.1. The predicted molar refractivity (Wildman–Crippen MR) is 72.9 cm³/mol. The molecule has 2 aliphatic rings.